The van der Waals surface area contributed by atoms with Crippen molar-refractivity contribution in [2.45, 2.75) is 25.4 Å². The van der Waals surface area contributed by atoms with E-state index in [0.29, 0.717) is 31.0 Å². The number of carbonyl (C=O) groups is 1. The Kier molecular flexibility index (Phi) is 4.27. The van der Waals surface area contributed by atoms with Crippen molar-refractivity contribution >= 4 is 27.5 Å². The third-order valence-electron chi connectivity index (χ3n) is 3.99. The summed E-state index contributed by atoms with van der Waals surface area (Å²) in [6.45, 7) is 1.21. The molecule has 124 valence electrons. The molecule has 2 aromatic heterocycles. The molecule has 0 saturated carbocycles. The van der Waals surface area contributed by atoms with Crippen molar-refractivity contribution in [1.82, 2.24) is 15.3 Å². The van der Waals surface area contributed by atoms with Gasteiger partial charge < -0.3 is 14.5 Å². The van der Waals surface area contributed by atoms with E-state index in [2.05, 4.69) is 21.4 Å². The predicted molar refractivity (Wildman–Crippen MR) is 90.1 cm³/mol. The lowest BCUT2D eigenvalue weighted by Crippen LogP contribution is -2.27. The van der Waals surface area contributed by atoms with Crippen molar-refractivity contribution < 1.29 is 13.9 Å². The maximum atomic E-state index is 12.3. The number of nitrogens with zero attached hydrogens (tertiary/aromatic N) is 2. The average molecular weight is 343 g/mol. The second-order valence-electron chi connectivity index (χ2n) is 5.65. The number of benzene rings is 1. The SMILES string of the molecule is O=C(NCCc1nc2ccccc2s1)c1ncoc1[C@@H]1CCCO1. The number of para-hydroxylation sites is 1. The van der Waals surface area contributed by atoms with E-state index in [1.165, 1.54) is 6.39 Å². The molecule has 1 saturated heterocycles. The molecule has 3 heterocycles. The van der Waals surface area contributed by atoms with Gasteiger partial charge in [-0.15, -0.1) is 11.3 Å². The lowest BCUT2D eigenvalue weighted by atomic mass is 10.1. The molecule has 0 bridgehead atoms. The Morgan fingerprint density at radius 2 is 2.29 bits per heavy atom. The van der Waals surface area contributed by atoms with Gasteiger partial charge in [-0.05, 0) is 25.0 Å². The van der Waals surface area contributed by atoms with E-state index >= 15 is 0 Å². The normalized spacial score (nSPS) is 17.4. The Hall–Kier alpha value is -2.25. The van der Waals surface area contributed by atoms with Crippen LogP contribution >= 0.6 is 11.3 Å². The van der Waals surface area contributed by atoms with Crippen molar-refractivity contribution in [3.8, 4) is 0 Å². The first-order valence-electron chi connectivity index (χ1n) is 7.99. The summed E-state index contributed by atoms with van der Waals surface area (Å²) in [4.78, 5) is 21.0. The van der Waals surface area contributed by atoms with Crippen molar-refractivity contribution in [2.75, 3.05) is 13.2 Å². The predicted octanol–water partition coefficient (Wildman–Crippen LogP) is 3.11. The summed E-state index contributed by atoms with van der Waals surface area (Å²) in [5, 5.41) is 3.90. The molecule has 0 spiro atoms. The van der Waals surface area contributed by atoms with E-state index in [-0.39, 0.29) is 12.0 Å². The third kappa shape index (κ3) is 3.05. The lowest BCUT2D eigenvalue weighted by Gasteiger charge is -2.08. The van der Waals surface area contributed by atoms with Crippen LogP contribution in [-0.2, 0) is 11.2 Å². The molecule has 1 aliphatic rings. The van der Waals surface area contributed by atoms with Crippen LogP contribution in [0, 0.1) is 0 Å². The minimum Gasteiger partial charge on any atom is -0.445 e. The highest BCUT2D eigenvalue weighted by Crippen LogP contribution is 2.30. The Bertz CT molecular complexity index is 819. The molecular weight excluding hydrogens is 326 g/mol. The van der Waals surface area contributed by atoms with Crippen LogP contribution in [0.4, 0.5) is 0 Å². The highest BCUT2D eigenvalue weighted by atomic mass is 32.1. The fraction of sp³-hybridized carbons (Fsp3) is 0.353. The van der Waals surface area contributed by atoms with Gasteiger partial charge in [-0.2, -0.15) is 0 Å². The maximum Gasteiger partial charge on any atom is 0.273 e. The van der Waals surface area contributed by atoms with Crippen molar-refractivity contribution in [2.24, 2.45) is 0 Å². The quantitative estimate of drug-likeness (QED) is 0.770. The molecule has 0 unspecified atom stereocenters. The first kappa shape index (κ1) is 15.3. The number of carbonyl (C=O) groups excluding carboxylic acids is 1. The number of ether oxygens (including phenoxy) is 1. The number of oxazole rings is 1. The molecule has 24 heavy (non-hydrogen) atoms. The van der Waals surface area contributed by atoms with Gasteiger partial charge in [0.05, 0.1) is 15.2 Å². The van der Waals surface area contributed by atoms with Gasteiger partial charge in [0.25, 0.3) is 5.91 Å². The second-order valence-corrected chi connectivity index (χ2v) is 6.76. The molecule has 7 heteroatoms. The summed E-state index contributed by atoms with van der Waals surface area (Å²) in [5.41, 5.74) is 1.33. The average Bonchev–Trinajstić information content (AvgIpc) is 3.33. The van der Waals surface area contributed by atoms with E-state index in [1.807, 2.05) is 18.2 Å². The highest BCUT2D eigenvalue weighted by Gasteiger charge is 2.27. The molecule has 1 atom stereocenters. The molecule has 0 aliphatic carbocycles. The van der Waals surface area contributed by atoms with Gasteiger partial charge >= 0.3 is 0 Å². The van der Waals surface area contributed by atoms with Crippen molar-refractivity contribution in [3.05, 3.63) is 47.1 Å². The Morgan fingerprint density at radius 3 is 3.12 bits per heavy atom. The smallest absolute Gasteiger partial charge is 0.273 e. The summed E-state index contributed by atoms with van der Waals surface area (Å²) in [6.07, 6.45) is 3.68. The van der Waals surface area contributed by atoms with Crippen LogP contribution in [0.15, 0.2) is 35.1 Å². The Morgan fingerprint density at radius 1 is 1.38 bits per heavy atom. The fourth-order valence-electron chi connectivity index (χ4n) is 2.83. The maximum absolute atomic E-state index is 12.3. The molecule has 1 N–H and O–H groups in total. The summed E-state index contributed by atoms with van der Waals surface area (Å²) in [6, 6.07) is 8.03. The van der Waals surface area contributed by atoms with E-state index in [9.17, 15) is 4.79 Å². The summed E-state index contributed by atoms with van der Waals surface area (Å²) < 4.78 is 12.1. The zero-order valence-corrected chi connectivity index (χ0v) is 13.8. The standard InChI is InChI=1S/C17H17N3O3S/c21-17(15-16(23-10-19-15)12-5-3-9-22-12)18-8-7-14-20-11-4-1-2-6-13(11)24-14/h1-2,4,6,10,12H,3,5,7-9H2,(H,18,21)/t12-/m0/s1. The number of thiazole rings is 1. The molecule has 1 amide bonds. The molecule has 3 aromatic rings. The minimum absolute atomic E-state index is 0.155. The number of fused-ring (bicyclic) bond motifs is 1. The molecular formula is C17H17N3O3S. The van der Waals surface area contributed by atoms with Crippen molar-refractivity contribution in [1.29, 1.82) is 0 Å². The fourth-order valence-corrected chi connectivity index (χ4v) is 3.80. The topological polar surface area (TPSA) is 77.3 Å². The highest BCUT2D eigenvalue weighted by molar-refractivity contribution is 7.18. The molecule has 1 aromatic carbocycles. The van der Waals surface area contributed by atoms with E-state index in [1.54, 1.807) is 11.3 Å². The van der Waals surface area contributed by atoms with Crippen LogP contribution in [0.1, 0.15) is 40.2 Å². The van der Waals surface area contributed by atoms with Crippen LogP contribution in [0.3, 0.4) is 0 Å². The molecule has 6 nitrogen and oxygen atoms in total. The molecule has 4 rings (SSSR count). The van der Waals surface area contributed by atoms with Crippen LogP contribution in [0.25, 0.3) is 10.2 Å². The Balaban J connectivity index is 1.37. The summed E-state index contributed by atoms with van der Waals surface area (Å²) in [7, 11) is 0. The van der Waals surface area contributed by atoms with Gasteiger partial charge in [0.15, 0.2) is 17.8 Å². The van der Waals surface area contributed by atoms with E-state index in [4.69, 9.17) is 9.15 Å². The lowest BCUT2D eigenvalue weighted by molar-refractivity contribution is 0.0862. The van der Waals surface area contributed by atoms with Crippen molar-refractivity contribution in [3.63, 3.8) is 0 Å². The molecule has 0 radical (unpaired) electrons. The zero-order valence-electron chi connectivity index (χ0n) is 13.0. The van der Waals surface area contributed by atoms with Gasteiger partial charge in [-0.25, -0.2) is 9.97 Å². The number of amides is 1. The number of hydrogen-bond donors (Lipinski definition) is 1. The number of nitrogens with one attached hydrogen (secondary N) is 1. The zero-order chi connectivity index (χ0) is 16.4. The third-order valence-corrected chi connectivity index (χ3v) is 5.09. The van der Waals surface area contributed by atoms with Crippen LogP contribution in [-0.4, -0.2) is 29.0 Å². The number of rotatable bonds is 5. The van der Waals surface area contributed by atoms with Crippen LogP contribution < -0.4 is 5.32 Å². The second kappa shape index (κ2) is 6.70. The summed E-state index contributed by atoms with van der Waals surface area (Å²) >= 11 is 1.65. The van der Waals surface area contributed by atoms with Crippen LogP contribution in [0.2, 0.25) is 0 Å². The van der Waals surface area contributed by atoms with Gasteiger partial charge in [0.2, 0.25) is 0 Å². The van der Waals surface area contributed by atoms with Gasteiger partial charge in [0.1, 0.15) is 6.10 Å². The first-order valence-corrected chi connectivity index (χ1v) is 8.80. The Labute approximate surface area is 142 Å². The summed E-state index contributed by atoms with van der Waals surface area (Å²) in [5.74, 6) is 0.306. The number of aromatic nitrogens is 2. The van der Waals surface area contributed by atoms with Gasteiger partial charge in [-0.1, -0.05) is 12.1 Å². The van der Waals surface area contributed by atoms with Gasteiger partial charge in [0, 0.05) is 19.6 Å². The monoisotopic (exact) mass is 343 g/mol. The van der Waals surface area contributed by atoms with E-state index < -0.39 is 0 Å². The largest absolute Gasteiger partial charge is 0.445 e. The van der Waals surface area contributed by atoms with Gasteiger partial charge in [-0.3, -0.25) is 4.79 Å². The first-order chi connectivity index (χ1) is 11.8. The molecule has 1 aliphatic heterocycles. The van der Waals surface area contributed by atoms with E-state index in [0.717, 1.165) is 28.1 Å². The minimum atomic E-state index is -0.227. The molecule has 1 fully saturated rings. The number of hydrogen-bond acceptors (Lipinski definition) is 6. The van der Waals surface area contributed by atoms with Crippen LogP contribution in [0.5, 0.6) is 0 Å².